The second kappa shape index (κ2) is 9.62. The molecular formula is C27H31NO2. The summed E-state index contributed by atoms with van der Waals surface area (Å²) < 4.78 is 6.01. The van der Waals surface area contributed by atoms with Gasteiger partial charge in [0.1, 0.15) is 5.75 Å². The van der Waals surface area contributed by atoms with Crippen LogP contribution in [0.4, 0.5) is 0 Å². The van der Waals surface area contributed by atoms with Crippen LogP contribution in [0.15, 0.2) is 84.9 Å². The fraction of sp³-hybridized carbons (Fsp3) is 0.296. The minimum absolute atomic E-state index is 0.0254. The Balaban J connectivity index is 1.73. The summed E-state index contributed by atoms with van der Waals surface area (Å²) in [6.45, 7) is 9.46. The topological polar surface area (TPSA) is 29.5 Å². The third-order valence-electron chi connectivity index (χ3n) is 5.13. The van der Waals surface area contributed by atoms with E-state index in [1.807, 2.05) is 84.6 Å². The van der Waals surface area contributed by atoms with Crippen LogP contribution in [-0.4, -0.2) is 16.9 Å². The van der Waals surface area contributed by atoms with Crippen molar-refractivity contribution in [3.8, 4) is 5.75 Å². The molecular weight excluding hydrogens is 370 g/mol. The molecule has 0 aromatic heterocycles. The number of hydrogen-bond donors (Lipinski definition) is 0. The number of amides is 1. The smallest absolute Gasteiger partial charge is 0.263 e. The molecule has 0 unspecified atom stereocenters. The molecule has 3 aromatic carbocycles. The van der Waals surface area contributed by atoms with Gasteiger partial charge < -0.3 is 9.64 Å². The van der Waals surface area contributed by atoms with Gasteiger partial charge in [0.05, 0.1) is 0 Å². The van der Waals surface area contributed by atoms with E-state index in [1.165, 1.54) is 5.56 Å². The Bertz CT molecular complexity index is 887. The molecule has 0 fully saturated rings. The first-order valence-corrected chi connectivity index (χ1v) is 10.5. The summed E-state index contributed by atoms with van der Waals surface area (Å²) in [5.41, 5.74) is 3.53. The van der Waals surface area contributed by atoms with Crippen molar-refractivity contribution in [3.63, 3.8) is 0 Å². The highest BCUT2D eigenvalue weighted by Gasteiger charge is 2.23. The SMILES string of the molecule is C[C@@H](Oc1ccc(C(C)(C)C)cc1)C(=O)N(Cc1ccccc1)Cc1ccccc1. The monoisotopic (exact) mass is 401 g/mol. The van der Waals surface area contributed by atoms with Crippen molar-refractivity contribution >= 4 is 5.91 Å². The number of rotatable bonds is 7. The third-order valence-corrected chi connectivity index (χ3v) is 5.13. The quantitative estimate of drug-likeness (QED) is 0.487. The van der Waals surface area contributed by atoms with Crippen LogP contribution in [0, 0.1) is 0 Å². The van der Waals surface area contributed by atoms with Crippen molar-refractivity contribution < 1.29 is 9.53 Å². The highest BCUT2D eigenvalue weighted by Crippen LogP contribution is 2.25. The lowest BCUT2D eigenvalue weighted by Crippen LogP contribution is -2.39. The molecule has 1 atom stereocenters. The highest BCUT2D eigenvalue weighted by molar-refractivity contribution is 5.81. The van der Waals surface area contributed by atoms with E-state index in [0.717, 1.165) is 11.1 Å². The number of nitrogens with zero attached hydrogens (tertiary/aromatic N) is 1. The van der Waals surface area contributed by atoms with E-state index in [-0.39, 0.29) is 11.3 Å². The summed E-state index contributed by atoms with van der Waals surface area (Å²) >= 11 is 0. The lowest BCUT2D eigenvalue weighted by atomic mass is 9.87. The average molecular weight is 402 g/mol. The molecule has 0 aliphatic heterocycles. The Morgan fingerprint density at radius 3 is 1.70 bits per heavy atom. The van der Waals surface area contributed by atoms with E-state index in [1.54, 1.807) is 0 Å². The van der Waals surface area contributed by atoms with Crippen molar-refractivity contribution in [2.24, 2.45) is 0 Å². The zero-order valence-corrected chi connectivity index (χ0v) is 18.3. The summed E-state index contributed by atoms with van der Waals surface area (Å²) in [5, 5.41) is 0. The zero-order valence-electron chi connectivity index (χ0n) is 18.3. The summed E-state index contributed by atoms with van der Waals surface area (Å²) in [6, 6.07) is 28.2. The van der Waals surface area contributed by atoms with Crippen LogP contribution in [0.25, 0.3) is 0 Å². The highest BCUT2D eigenvalue weighted by atomic mass is 16.5. The number of carbonyl (C=O) groups excluding carboxylic acids is 1. The summed E-state index contributed by atoms with van der Waals surface area (Å²) in [6.07, 6.45) is -0.571. The van der Waals surface area contributed by atoms with Crippen molar-refractivity contribution in [1.29, 1.82) is 0 Å². The molecule has 0 saturated heterocycles. The molecule has 0 bridgehead atoms. The second-order valence-electron chi connectivity index (χ2n) is 8.70. The predicted octanol–water partition coefficient (Wildman–Crippen LogP) is 5.98. The number of ether oxygens (including phenoxy) is 1. The third kappa shape index (κ3) is 5.96. The normalized spacial score (nSPS) is 12.3. The zero-order chi connectivity index (χ0) is 21.6. The molecule has 3 rings (SSSR count). The van der Waals surface area contributed by atoms with E-state index in [9.17, 15) is 4.79 Å². The van der Waals surface area contributed by atoms with Gasteiger partial charge in [0.2, 0.25) is 0 Å². The van der Waals surface area contributed by atoms with E-state index in [2.05, 4.69) is 32.9 Å². The van der Waals surface area contributed by atoms with Gasteiger partial charge in [-0.1, -0.05) is 93.6 Å². The minimum atomic E-state index is -0.571. The standard InChI is InChI=1S/C27H31NO2/c1-21(30-25-17-15-24(16-18-25)27(2,3)4)26(29)28(19-22-11-7-5-8-12-22)20-23-13-9-6-10-14-23/h5-18,21H,19-20H2,1-4H3/t21-/m1/s1. The molecule has 3 aromatic rings. The largest absolute Gasteiger partial charge is 0.481 e. The minimum Gasteiger partial charge on any atom is -0.481 e. The summed E-state index contributed by atoms with van der Waals surface area (Å²) in [4.78, 5) is 15.1. The van der Waals surface area contributed by atoms with E-state index < -0.39 is 6.10 Å². The first-order chi connectivity index (χ1) is 14.3. The average Bonchev–Trinajstić information content (AvgIpc) is 2.74. The molecule has 0 saturated carbocycles. The molecule has 156 valence electrons. The molecule has 3 heteroatoms. The van der Waals surface area contributed by atoms with Crippen LogP contribution < -0.4 is 4.74 Å². The van der Waals surface area contributed by atoms with Crippen LogP contribution in [0.2, 0.25) is 0 Å². The van der Waals surface area contributed by atoms with E-state index in [0.29, 0.717) is 18.8 Å². The van der Waals surface area contributed by atoms with Gasteiger partial charge in [0.25, 0.3) is 5.91 Å². The Morgan fingerprint density at radius 1 is 0.800 bits per heavy atom. The fourth-order valence-electron chi connectivity index (χ4n) is 3.36. The van der Waals surface area contributed by atoms with Gasteiger partial charge in [0.15, 0.2) is 6.10 Å². The molecule has 0 spiro atoms. The second-order valence-corrected chi connectivity index (χ2v) is 8.70. The van der Waals surface area contributed by atoms with Gasteiger partial charge in [-0.25, -0.2) is 0 Å². The maximum absolute atomic E-state index is 13.3. The molecule has 0 aliphatic rings. The van der Waals surface area contributed by atoms with Crippen molar-refractivity contribution in [2.45, 2.75) is 52.3 Å². The molecule has 0 radical (unpaired) electrons. The van der Waals surface area contributed by atoms with Gasteiger partial charge in [-0.3, -0.25) is 4.79 Å². The van der Waals surface area contributed by atoms with Crippen LogP contribution in [0.3, 0.4) is 0 Å². The molecule has 0 N–H and O–H groups in total. The van der Waals surface area contributed by atoms with Crippen LogP contribution in [0.5, 0.6) is 5.75 Å². The van der Waals surface area contributed by atoms with Gasteiger partial charge in [-0.05, 0) is 41.2 Å². The van der Waals surface area contributed by atoms with Crippen LogP contribution in [0.1, 0.15) is 44.4 Å². The number of benzene rings is 3. The maximum Gasteiger partial charge on any atom is 0.263 e. The summed E-state index contributed by atoms with van der Waals surface area (Å²) in [5.74, 6) is 0.686. The lowest BCUT2D eigenvalue weighted by molar-refractivity contribution is -0.139. The van der Waals surface area contributed by atoms with Gasteiger partial charge in [0, 0.05) is 13.1 Å². The Labute approximate surface area is 180 Å². The van der Waals surface area contributed by atoms with Crippen LogP contribution >= 0.6 is 0 Å². The first kappa shape index (κ1) is 21.6. The first-order valence-electron chi connectivity index (χ1n) is 10.5. The predicted molar refractivity (Wildman–Crippen MR) is 122 cm³/mol. The molecule has 1 amide bonds. The molecule has 30 heavy (non-hydrogen) atoms. The Morgan fingerprint density at radius 2 is 1.27 bits per heavy atom. The van der Waals surface area contributed by atoms with Crippen LogP contribution in [-0.2, 0) is 23.3 Å². The summed E-state index contributed by atoms with van der Waals surface area (Å²) in [7, 11) is 0. The lowest BCUT2D eigenvalue weighted by Gasteiger charge is -2.27. The number of hydrogen-bond acceptors (Lipinski definition) is 2. The van der Waals surface area contributed by atoms with Crippen molar-refractivity contribution in [3.05, 3.63) is 102 Å². The van der Waals surface area contributed by atoms with Crippen molar-refractivity contribution in [2.75, 3.05) is 0 Å². The Kier molecular flexibility index (Phi) is 6.94. The molecule has 0 aliphatic carbocycles. The van der Waals surface area contributed by atoms with Gasteiger partial charge in [-0.2, -0.15) is 0 Å². The van der Waals surface area contributed by atoms with Gasteiger partial charge in [-0.15, -0.1) is 0 Å². The molecule has 0 heterocycles. The maximum atomic E-state index is 13.3. The number of carbonyl (C=O) groups is 1. The fourth-order valence-corrected chi connectivity index (χ4v) is 3.36. The van der Waals surface area contributed by atoms with Crippen molar-refractivity contribution in [1.82, 2.24) is 4.90 Å². The molecule has 3 nitrogen and oxygen atoms in total. The van der Waals surface area contributed by atoms with Gasteiger partial charge >= 0.3 is 0 Å². The Hall–Kier alpha value is -3.07. The van der Waals surface area contributed by atoms with E-state index >= 15 is 0 Å². The van der Waals surface area contributed by atoms with E-state index in [4.69, 9.17) is 4.74 Å².